The lowest BCUT2D eigenvalue weighted by atomic mass is 9.96. The summed E-state index contributed by atoms with van der Waals surface area (Å²) < 4.78 is 41.1. The van der Waals surface area contributed by atoms with Gasteiger partial charge in [0, 0.05) is 22.7 Å². The summed E-state index contributed by atoms with van der Waals surface area (Å²) in [5.41, 5.74) is 1.08. The van der Waals surface area contributed by atoms with Gasteiger partial charge in [0.15, 0.2) is 0 Å². The van der Waals surface area contributed by atoms with E-state index in [0.29, 0.717) is 21.7 Å². The van der Waals surface area contributed by atoms with Crippen LogP contribution in [0.1, 0.15) is 22.7 Å². The number of hydrogen-bond donors (Lipinski definition) is 1. The molecule has 1 N–H and O–H groups in total. The lowest BCUT2D eigenvalue weighted by molar-refractivity contribution is 0.509. The van der Waals surface area contributed by atoms with Crippen molar-refractivity contribution in [2.75, 3.05) is 7.05 Å². The average Bonchev–Trinajstić information content (AvgIpc) is 2.43. The molecule has 0 saturated heterocycles. The van der Waals surface area contributed by atoms with Crippen LogP contribution in [0.3, 0.4) is 0 Å². The first-order valence-electron chi connectivity index (χ1n) is 6.49. The molecule has 0 fully saturated rings. The van der Waals surface area contributed by atoms with E-state index in [1.807, 2.05) is 0 Å². The summed E-state index contributed by atoms with van der Waals surface area (Å²) in [5.74, 6) is -1.68. The van der Waals surface area contributed by atoms with Crippen molar-refractivity contribution >= 4 is 11.6 Å². The third-order valence-electron chi connectivity index (χ3n) is 3.44. The molecule has 2 aromatic carbocycles. The first-order valence-corrected chi connectivity index (χ1v) is 6.87. The highest BCUT2D eigenvalue weighted by atomic mass is 35.5. The number of hydrogen-bond acceptors (Lipinski definition) is 1. The largest absolute Gasteiger partial charge is 0.313 e. The van der Waals surface area contributed by atoms with Gasteiger partial charge in [-0.3, -0.25) is 0 Å². The molecule has 0 amide bonds. The Kier molecular flexibility index (Phi) is 4.91. The van der Waals surface area contributed by atoms with E-state index in [9.17, 15) is 13.2 Å². The second-order valence-corrected chi connectivity index (χ2v) is 5.34. The maximum atomic E-state index is 13.9. The smallest absolute Gasteiger partial charge is 0.130 e. The van der Waals surface area contributed by atoms with Crippen molar-refractivity contribution in [1.29, 1.82) is 0 Å². The molecular weight excluding hydrogens is 299 g/mol. The Morgan fingerprint density at radius 2 is 1.76 bits per heavy atom. The van der Waals surface area contributed by atoms with E-state index in [1.54, 1.807) is 26.1 Å². The lowest BCUT2D eigenvalue weighted by Gasteiger charge is -2.19. The van der Waals surface area contributed by atoms with Crippen molar-refractivity contribution in [2.45, 2.75) is 19.4 Å². The molecule has 0 aliphatic rings. The molecule has 21 heavy (non-hydrogen) atoms. The van der Waals surface area contributed by atoms with Crippen molar-refractivity contribution in [3.8, 4) is 0 Å². The Bertz CT molecular complexity index is 658. The molecule has 1 nitrogen and oxygen atoms in total. The first-order chi connectivity index (χ1) is 9.92. The third-order valence-corrected chi connectivity index (χ3v) is 3.68. The normalized spacial score (nSPS) is 12.5. The number of benzene rings is 2. The van der Waals surface area contributed by atoms with Crippen molar-refractivity contribution in [3.63, 3.8) is 0 Å². The monoisotopic (exact) mass is 313 g/mol. The Hall–Kier alpha value is -1.52. The molecule has 1 atom stereocenters. The maximum absolute atomic E-state index is 13.9. The van der Waals surface area contributed by atoms with Crippen LogP contribution in [0.25, 0.3) is 0 Å². The van der Waals surface area contributed by atoms with Gasteiger partial charge in [0.2, 0.25) is 0 Å². The quantitative estimate of drug-likeness (QED) is 0.872. The molecular formula is C16H15ClF3N. The van der Waals surface area contributed by atoms with Crippen molar-refractivity contribution < 1.29 is 13.2 Å². The fourth-order valence-electron chi connectivity index (χ4n) is 2.22. The predicted octanol–water partition coefficient (Wildman–Crippen LogP) is 4.57. The van der Waals surface area contributed by atoms with Crippen LogP contribution in [0, 0.1) is 24.4 Å². The molecule has 5 heteroatoms. The summed E-state index contributed by atoms with van der Waals surface area (Å²) in [6.45, 7) is 1.56. The highest BCUT2D eigenvalue weighted by Crippen LogP contribution is 2.25. The molecule has 0 radical (unpaired) electrons. The van der Waals surface area contributed by atoms with Gasteiger partial charge in [-0.2, -0.15) is 0 Å². The van der Waals surface area contributed by atoms with Crippen LogP contribution < -0.4 is 5.32 Å². The topological polar surface area (TPSA) is 12.0 Å². The summed E-state index contributed by atoms with van der Waals surface area (Å²) in [5, 5.41) is 3.24. The minimum Gasteiger partial charge on any atom is -0.313 e. The Morgan fingerprint density at radius 1 is 1.05 bits per heavy atom. The van der Waals surface area contributed by atoms with Crippen LogP contribution in [0.15, 0.2) is 30.3 Å². The van der Waals surface area contributed by atoms with Crippen LogP contribution in [0.4, 0.5) is 13.2 Å². The Morgan fingerprint density at radius 3 is 2.38 bits per heavy atom. The van der Waals surface area contributed by atoms with Crippen molar-refractivity contribution in [1.82, 2.24) is 5.32 Å². The Labute approximate surface area is 126 Å². The first kappa shape index (κ1) is 15.9. The van der Waals surface area contributed by atoms with Gasteiger partial charge in [0.05, 0.1) is 0 Å². The maximum Gasteiger partial charge on any atom is 0.130 e. The molecule has 0 bridgehead atoms. The van der Waals surface area contributed by atoms with E-state index in [1.165, 1.54) is 12.1 Å². The van der Waals surface area contributed by atoms with Gasteiger partial charge in [0.1, 0.15) is 17.5 Å². The van der Waals surface area contributed by atoms with Gasteiger partial charge in [0.25, 0.3) is 0 Å². The highest BCUT2D eigenvalue weighted by molar-refractivity contribution is 6.30. The van der Waals surface area contributed by atoms with E-state index >= 15 is 0 Å². The molecule has 0 aliphatic heterocycles. The molecule has 0 heterocycles. The van der Waals surface area contributed by atoms with Crippen LogP contribution in [0.2, 0.25) is 5.02 Å². The molecule has 1 unspecified atom stereocenters. The molecule has 0 aromatic heterocycles. The van der Waals surface area contributed by atoms with Crippen LogP contribution in [0.5, 0.6) is 0 Å². The number of halogens is 4. The second-order valence-electron chi connectivity index (χ2n) is 4.90. The van der Waals surface area contributed by atoms with Crippen LogP contribution >= 0.6 is 11.6 Å². The van der Waals surface area contributed by atoms with E-state index in [2.05, 4.69) is 5.32 Å². The minimum absolute atomic E-state index is 0.238. The molecule has 0 aliphatic carbocycles. The zero-order valence-electron chi connectivity index (χ0n) is 11.7. The second kappa shape index (κ2) is 6.50. The highest BCUT2D eigenvalue weighted by Gasteiger charge is 2.18. The van der Waals surface area contributed by atoms with E-state index < -0.39 is 23.5 Å². The molecule has 2 aromatic rings. The Balaban J connectivity index is 2.34. The van der Waals surface area contributed by atoms with Crippen LogP contribution in [-0.4, -0.2) is 7.05 Å². The standard InChI is InChI=1S/C16H15ClF3N/c1-9-5-12(15(20)8-13(9)18)16(21-2)6-10-3-4-11(17)7-14(10)19/h3-5,7-8,16,21H,6H2,1-2H3. The third kappa shape index (κ3) is 3.57. The van der Waals surface area contributed by atoms with Gasteiger partial charge in [-0.25, -0.2) is 13.2 Å². The molecule has 112 valence electrons. The van der Waals surface area contributed by atoms with Crippen LogP contribution in [-0.2, 0) is 6.42 Å². The summed E-state index contributed by atoms with van der Waals surface area (Å²) in [4.78, 5) is 0. The molecule has 0 saturated carbocycles. The van der Waals surface area contributed by atoms with Gasteiger partial charge in [-0.05, 0) is 49.7 Å². The van der Waals surface area contributed by atoms with Gasteiger partial charge in [-0.15, -0.1) is 0 Å². The lowest BCUT2D eigenvalue weighted by Crippen LogP contribution is -2.21. The van der Waals surface area contributed by atoms with Crippen molar-refractivity contribution in [2.24, 2.45) is 0 Å². The summed E-state index contributed by atoms with van der Waals surface area (Å²) in [6, 6.07) is 6.21. The number of aryl methyl sites for hydroxylation is 1. The minimum atomic E-state index is -0.646. The number of likely N-dealkylation sites (N-methyl/N-ethyl adjacent to an activating group) is 1. The molecule has 0 spiro atoms. The van der Waals surface area contributed by atoms with Crippen molar-refractivity contribution in [3.05, 3.63) is 69.5 Å². The SMILES string of the molecule is CNC(Cc1ccc(Cl)cc1F)c1cc(C)c(F)cc1F. The van der Waals surface area contributed by atoms with E-state index in [0.717, 1.165) is 6.07 Å². The summed E-state index contributed by atoms with van der Waals surface area (Å²) in [6.07, 6.45) is 0.238. The fraction of sp³-hybridized carbons (Fsp3) is 0.250. The number of nitrogens with one attached hydrogen (secondary N) is 1. The van der Waals surface area contributed by atoms with Gasteiger partial charge < -0.3 is 5.32 Å². The van der Waals surface area contributed by atoms with E-state index in [4.69, 9.17) is 11.6 Å². The molecule has 2 rings (SSSR count). The predicted molar refractivity (Wildman–Crippen MR) is 78.0 cm³/mol. The summed E-state index contributed by atoms with van der Waals surface area (Å²) in [7, 11) is 1.65. The zero-order chi connectivity index (χ0) is 15.6. The zero-order valence-corrected chi connectivity index (χ0v) is 12.4. The summed E-state index contributed by atoms with van der Waals surface area (Å²) >= 11 is 5.71. The van der Waals surface area contributed by atoms with E-state index in [-0.39, 0.29) is 6.42 Å². The average molecular weight is 314 g/mol. The fourth-order valence-corrected chi connectivity index (χ4v) is 2.38. The van der Waals surface area contributed by atoms with Gasteiger partial charge >= 0.3 is 0 Å². The number of rotatable bonds is 4. The van der Waals surface area contributed by atoms with Gasteiger partial charge in [-0.1, -0.05) is 17.7 Å².